The van der Waals surface area contributed by atoms with Gasteiger partial charge in [-0.15, -0.1) is 11.3 Å². The number of nitrogens with zero attached hydrogens (tertiary/aromatic N) is 6. The average Bonchev–Trinajstić information content (AvgIpc) is 3.26. The van der Waals surface area contributed by atoms with Gasteiger partial charge in [-0.3, -0.25) is 18.9 Å². The second-order valence-electron chi connectivity index (χ2n) is 9.02. The maximum absolute atomic E-state index is 13.1. The zero-order valence-corrected chi connectivity index (χ0v) is 22.5. The summed E-state index contributed by atoms with van der Waals surface area (Å²) in [5.74, 6) is -4.47. The Morgan fingerprint density at radius 1 is 1.37 bits per heavy atom. The smallest absolute Gasteiger partial charge is 0.363 e. The molecule has 0 radical (unpaired) electrons. The van der Waals surface area contributed by atoms with Gasteiger partial charge in [-0.05, 0) is 13.8 Å². The standard InChI is InChI=1S/C20H20N8O11S2/c1-20(2,18(33)34)39-25-14(9-7-40-19(21)22-9)16(31)23-15-11(28(17(15)32)41(36,37)38)5-26-4-8(24-26)10-3-12(29)13(30)6-27(10)35/h3,5-7,11,15,35H,4H2,1-2H3,(H5-,21,22,23,30,31,33,34,36,37,38)/p+1. The fraction of sp³-hybridized carbons (Fsp3) is 0.300. The van der Waals surface area contributed by atoms with Crippen LogP contribution < -0.4 is 16.5 Å². The summed E-state index contributed by atoms with van der Waals surface area (Å²) in [6, 6.07) is -2.17. The number of carbonyl (C=O) groups is 3. The maximum Gasteiger partial charge on any atom is 0.363 e. The molecule has 2 aliphatic rings. The van der Waals surface area contributed by atoms with Gasteiger partial charge in [0, 0.05) is 16.5 Å². The van der Waals surface area contributed by atoms with Crippen molar-refractivity contribution < 1.29 is 52.3 Å². The molecule has 4 rings (SSSR count). The molecule has 2 unspecified atom stereocenters. The molecule has 2 aromatic rings. The van der Waals surface area contributed by atoms with Gasteiger partial charge in [0.25, 0.3) is 11.8 Å². The minimum atomic E-state index is -5.09. The third-order valence-electron chi connectivity index (χ3n) is 5.68. The van der Waals surface area contributed by atoms with Crippen LogP contribution in [0.5, 0.6) is 5.75 Å². The summed E-state index contributed by atoms with van der Waals surface area (Å²) in [5, 5.41) is 39.7. The molecule has 7 N–H and O–H groups in total. The maximum atomic E-state index is 13.1. The van der Waals surface area contributed by atoms with Crippen molar-refractivity contribution >= 4 is 62.2 Å². The van der Waals surface area contributed by atoms with Gasteiger partial charge in [-0.25, -0.2) is 9.78 Å². The number of carboxylic acids is 1. The molecule has 2 aliphatic heterocycles. The molecule has 2 aromatic heterocycles. The Kier molecular flexibility index (Phi) is 7.28. The molecule has 2 atom stereocenters. The number of nitrogens with two attached hydrogens (primary N) is 1. The molecule has 21 heteroatoms. The van der Waals surface area contributed by atoms with E-state index in [0.29, 0.717) is 4.73 Å². The lowest BCUT2D eigenvalue weighted by Crippen LogP contribution is -2.73. The third kappa shape index (κ3) is 5.71. The van der Waals surface area contributed by atoms with Crippen LogP contribution in [0.2, 0.25) is 0 Å². The van der Waals surface area contributed by atoms with E-state index in [1.807, 2.05) is 0 Å². The zero-order chi connectivity index (χ0) is 30.4. The van der Waals surface area contributed by atoms with Crippen LogP contribution in [0.4, 0.5) is 5.13 Å². The number of amides is 2. The molecular formula is C20H21N8O11S2+. The predicted molar refractivity (Wildman–Crippen MR) is 137 cm³/mol. The molecule has 0 bridgehead atoms. The van der Waals surface area contributed by atoms with Crippen LogP contribution in [-0.4, -0.2) is 107 Å². The van der Waals surface area contributed by atoms with Crippen molar-refractivity contribution in [3.63, 3.8) is 0 Å². The fourth-order valence-corrected chi connectivity index (χ4v) is 4.85. The zero-order valence-electron chi connectivity index (χ0n) is 20.9. The summed E-state index contributed by atoms with van der Waals surface area (Å²) in [4.78, 5) is 57.7. The van der Waals surface area contributed by atoms with Crippen molar-refractivity contribution in [2.24, 2.45) is 10.3 Å². The Hall–Kier alpha value is -4.89. The molecule has 41 heavy (non-hydrogen) atoms. The number of thiazole rings is 1. The van der Waals surface area contributed by atoms with Crippen molar-refractivity contribution in [2.75, 3.05) is 12.3 Å². The number of hydrazone groups is 1. The first-order valence-electron chi connectivity index (χ1n) is 11.2. The van der Waals surface area contributed by atoms with Gasteiger partial charge >= 0.3 is 16.3 Å². The van der Waals surface area contributed by atoms with E-state index in [1.165, 1.54) is 5.38 Å². The van der Waals surface area contributed by atoms with E-state index in [0.717, 1.165) is 48.3 Å². The number of carbonyl (C=O) groups excluding carboxylic acids is 2. The van der Waals surface area contributed by atoms with E-state index in [2.05, 4.69) is 20.6 Å². The highest BCUT2D eigenvalue weighted by atomic mass is 32.2. The first kappa shape index (κ1) is 29.1. The van der Waals surface area contributed by atoms with Gasteiger partial charge in [0.2, 0.25) is 23.3 Å². The van der Waals surface area contributed by atoms with Crippen LogP contribution in [0, 0.1) is 0 Å². The molecule has 1 saturated heterocycles. The van der Waals surface area contributed by atoms with Crippen molar-refractivity contribution in [1.82, 2.24) is 19.3 Å². The predicted octanol–water partition coefficient (Wildman–Crippen LogP) is -2.59. The molecule has 19 nitrogen and oxygen atoms in total. The van der Waals surface area contributed by atoms with Gasteiger partial charge in [-0.1, -0.05) is 9.84 Å². The molecule has 0 aliphatic carbocycles. The number of oxime groups is 1. The number of hydrogen-bond acceptors (Lipinski definition) is 14. The number of aromatic hydroxyl groups is 1. The Morgan fingerprint density at radius 3 is 2.59 bits per heavy atom. The van der Waals surface area contributed by atoms with Crippen LogP contribution in [0.3, 0.4) is 0 Å². The number of rotatable bonds is 9. The van der Waals surface area contributed by atoms with Crippen LogP contribution in [0.25, 0.3) is 0 Å². The van der Waals surface area contributed by atoms with Crippen LogP contribution in [0.15, 0.2) is 32.7 Å². The first-order chi connectivity index (χ1) is 19.0. The summed E-state index contributed by atoms with van der Waals surface area (Å²) >= 11 is 0.919. The number of anilines is 1. The molecule has 2 amide bonds. The number of β-lactam (4-membered cyclic amide) rings is 1. The summed E-state index contributed by atoms with van der Waals surface area (Å²) < 4.78 is 34.9. The Balaban J connectivity index is 1.62. The molecule has 0 aromatic carbocycles. The Labute approximate surface area is 232 Å². The first-order valence-corrected chi connectivity index (χ1v) is 13.4. The summed E-state index contributed by atoms with van der Waals surface area (Å²) in [6.45, 7) is 2.20. The molecule has 218 valence electrons. The molecular weight excluding hydrogens is 592 g/mol. The lowest BCUT2D eigenvalue weighted by Gasteiger charge is -2.40. The molecule has 1 fully saturated rings. The van der Waals surface area contributed by atoms with Crippen LogP contribution in [-0.2, 0) is 29.5 Å². The van der Waals surface area contributed by atoms with E-state index in [1.54, 1.807) is 0 Å². The van der Waals surface area contributed by atoms with Gasteiger partial charge in [0.15, 0.2) is 28.8 Å². The Morgan fingerprint density at radius 2 is 2.02 bits per heavy atom. The highest BCUT2D eigenvalue weighted by Gasteiger charge is 2.56. The highest BCUT2D eigenvalue weighted by molar-refractivity contribution is 7.84. The third-order valence-corrected chi connectivity index (χ3v) is 7.28. The van der Waals surface area contributed by atoms with E-state index < -0.39 is 62.7 Å². The number of carboxylic acid groups (broad SMARTS) is 1. The fourth-order valence-electron chi connectivity index (χ4n) is 3.47. The highest BCUT2D eigenvalue weighted by Crippen LogP contribution is 2.24. The molecule has 0 saturated carbocycles. The number of aliphatic carboxylic acids is 1. The topological polar surface area (TPSA) is 279 Å². The van der Waals surface area contributed by atoms with Crippen LogP contribution in [0.1, 0.15) is 25.2 Å². The van der Waals surface area contributed by atoms with Crippen molar-refractivity contribution in [3.05, 3.63) is 39.3 Å². The summed E-state index contributed by atoms with van der Waals surface area (Å²) in [6.07, 6.45) is 1.82. The second-order valence-corrected chi connectivity index (χ2v) is 11.2. The number of pyridine rings is 1. The Bertz CT molecular complexity index is 1720. The van der Waals surface area contributed by atoms with Crippen LogP contribution >= 0.6 is 11.3 Å². The van der Waals surface area contributed by atoms with Crippen molar-refractivity contribution in [3.8, 4) is 5.75 Å². The van der Waals surface area contributed by atoms with Gasteiger partial charge in [0.05, 0.1) is 6.20 Å². The van der Waals surface area contributed by atoms with Crippen molar-refractivity contribution in [2.45, 2.75) is 31.5 Å². The largest absolute Gasteiger partial charge is 0.503 e. The number of hydrogen-bond donors (Lipinski definition) is 6. The second kappa shape index (κ2) is 10.3. The SMILES string of the molecule is CC(C)(ON=C(C(=O)NC1C(=O)N(S(=O)(=O)O)C1C=[N+]1CC(c2cc(=O)c(O)cn2O)=N1)c1csc(N)n1)C(=O)O. The number of nitrogen functional groups attached to an aromatic ring is 1. The lowest BCUT2D eigenvalue weighted by molar-refractivity contribution is -0.539. The van der Waals surface area contributed by atoms with E-state index in [9.17, 15) is 47.6 Å². The lowest BCUT2D eigenvalue weighted by atomic mass is 9.99. The minimum Gasteiger partial charge on any atom is -0.503 e. The van der Waals surface area contributed by atoms with Crippen molar-refractivity contribution in [1.29, 1.82) is 0 Å². The minimum absolute atomic E-state index is 0.0230. The quantitative estimate of drug-likeness (QED) is 0.0423. The van der Waals surface area contributed by atoms with E-state index in [-0.39, 0.29) is 33.1 Å². The molecule has 0 spiro atoms. The summed E-state index contributed by atoms with van der Waals surface area (Å²) in [7, 11) is -5.09. The number of nitrogens with one attached hydrogen (secondary N) is 1. The normalized spacial score (nSPS) is 20.2. The molecule has 4 heterocycles. The number of aromatic nitrogens is 2. The van der Waals surface area contributed by atoms with Gasteiger partial charge in [-0.2, -0.15) is 17.5 Å². The van der Waals surface area contributed by atoms with Gasteiger partial charge in [0.1, 0.15) is 17.4 Å². The summed E-state index contributed by atoms with van der Waals surface area (Å²) in [5.41, 5.74) is 2.29. The van der Waals surface area contributed by atoms with Gasteiger partial charge < -0.3 is 31.3 Å². The van der Waals surface area contributed by atoms with E-state index in [4.69, 9.17) is 10.6 Å². The monoisotopic (exact) mass is 613 g/mol. The van der Waals surface area contributed by atoms with E-state index >= 15 is 0 Å². The average molecular weight is 614 g/mol.